The van der Waals surface area contributed by atoms with Crippen molar-refractivity contribution in [1.29, 1.82) is 5.41 Å². The quantitative estimate of drug-likeness (QED) is 0.411. The van der Waals surface area contributed by atoms with E-state index in [2.05, 4.69) is 21.9 Å². The second-order valence-electron chi connectivity index (χ2n) is 8.11. The Morgan fingerprint density at radius 1 is 1.15 bits per heavy atom. The van der Waals surface area contributed by atoms with Crippen molar-refractivity contribution in [3.8, 4) is 11.5 Å². The zero-order valence-corrected chi connectivity index (χ0v) is 18.6. The molecule has 1 amide bonds. The average Bonchev–Trinajstić information content (AvgIpc) is 2.85. The molecule has 4 rings (SSSR count). The van der Waals surface area contributed by atoms with Crippen molar-refractivity contribution in [1.82, 2.24) is 14.9 Å². The molecule has 1 saturated heterocycles. The van der Waals surface area contributed by atoms with Crippen molar-refractivity contribution in [2.24, 2.45) is 0 Å². The minimum absolute atomic E-state index is 0.0186. The Morgan fingerprint density at radius 3 is 2.61 bits per heavy atom. The maximum atomic E-state index is 12.3. The molecule has 3 aromatic rings. The maximum absolute atomic E-state index is 12.3. The molecule has 2 N–H and O–H groups in total. The number of benzene rings is 2. The van der Waals surface area contributed by atoms with Crippen molar-refractivity contribution in [3.05, 3.63) is 90.4 Å². The second-order valence-corrected chi connectivity index (χ2v) is 8.11. The normalized spacial score (nSPS) is 15.5. The number of aromatic nitrogens is 2. The summed E-state index contributed by atoms with van der Waals surface area (Å²) in [6, 6.07) is 17.0. The fourth-order valence-electron chi connectivity index (χ4n) is 3.84. The van der Waals surface area contributed by atoms with Crippen LogP contribution in [-0.2, 0) is 4.79 Å². The molecule has 33 heavy (non-hydrogen) atoms. The van der Waals surface area contributed by atoms with Gasteiger partial charge in [0.15, 0.2) is 0 Å². The predicted molar refractivity (Wildman–Crippen MR) is 129 cm³/mol. The van der Waals surface area contributed by atoms with Gasteiger partial charge in [-0.25, -0.2) is 9.97 Å². The van der Waals surface area contributed by atoms with Gasteiger partial charge in [-0.3, -0.25) is 10.2 Å². The van der Waals surface area contributed by atoms with Crippen LogP contribution < -0.4 is 10.1 Å². The van der Waals surface area contributed by atoms with Gasteiger partial charge in [0, 0.05) is 36.5 Å². The van der Waals surface area contributed by atoms with Crippen molar-refractivity contribution in [2.75, 3.05) is 18.4 Å². The van der Waals surface area contributed by atoms with Gasteiger partial charge in [0.25, 0.3) is 0 Å². The molecule has 1 unspecified atom stereocenters. The molecule has 2 aromatic carbocycles. The third-order valence-corrected chi connectivity index (χ3v) is 5.52. The van der Waals surface area contributed by atoms with Crippen LogP contribution in [0, 0.1) is 5.41 Å². The molecular formula is C26H27N5O2. The number of carbonyl (C=O) groups excluding carboxylic acids is 1. The van der Waals surface area contributed by atoms with Gasteiger partial charge < -0.3 is 15.0 Å². The van der Waals surface area contributed by atoms with Crippen LogP contribution in [0.1, 0.15) is 30.9 Å². The van der Waals surface area contributed by atoms with E-state index in [1.807, 2.05) is 59.5 Å². The minimum Gasteiger partial charge on any atom is -0.457 e. The van der Waals surface area contributed by atoms with Gasteiger partial charge in [-0.2, -0.15) is 0 Å². The first-order valence-electron chi connectivity index (χ1n) is 10.9. The molecule has 7 nitrogen and oxygen atoms in total. The molecular weight excluding hydrogens is 414 g/mol. The minimum atomic E-state index is -0.0186. The highest BCUT2D eigenvalue weighted by atomic mass is 16.5. The molecule has 1 fully saturated rings. The first kappa shape index (κ1) is 22.2. The molecule has 0 radical (unpaired) electrons. The predicted octanol–water partition coefficient (Wildman–Crippen LogP) is 4.66. The maximum Gasteiger partial charge on any atom is 0.248 e. The first-order valence-corrected chi connectivity index (χ1v) is 10.9. The van der Waals surface area contributed by atoms with Gasteiger partial charge in [-0.1, -0.05) is 24.8 Å². The van der Waals surface area contributed by atoms with Gasteiger partial charge >= 0.3 is 0 Å². The number of carbonyl (C=O) groups is 1. The highest BCUT2D eigenvalue weighted by Gasteiger charge is 2.25. The summed E-state index contributed by atoms with van der Waals surface area (Å²) in [4.78, 5) is 22.7. The summed E-state index contributed by atoms with van der Waals surface area (Å²) in [5, 5.41) is 12.2. The van der Waals surface area contributed by atoms with E-state index in [1.54, 1.807) is 13.1 Å². The molecule has 1 aliphatic heterocycles. The lowest BCUT2D eigenvalue weighted by molar-refractivity contribution is -0.128. The summed E-state index contributed by atoms with van der Waals surface area (Å²) in [5.74, 6) is 2.03. The van der Waals surface area contributed by atoms with Gasteiger partial charge in [0.1, 0.15) is 23.6 Å². The third-order valence-electron chi connectivity index (χ3n) is 5.52. The molecule has 1 aliphatic rings. The number of ether oxygens (including phenoxy) is 1. The first-order chi connectivity index (χ1) is 16.0. The number of amides is 1. The van der Waals surface area contributed by atoms with Crippen molar-refractivity contribution < 1.29 is 9.53 Å². The summed E-state index contributed by atoms with van der Waals surface area (Å²) < 4.78 is 5.84. The number of nitrogens with one attached hydrogen (secondary N) is 2. The average molecular weight is 442 g/mol. The largest absolute Gasteiger partial charge is 0.457 e. The van der Waals surface area contributed by atoms with Crippen molar-refractivity contribution in [3.63, 3.8) is 0 Å². The van der Waals surface area contributed by atoms with Crippen LogP contribution in [0.3, 0.4) is 0 Å². The number of anilines is 1. The van der Waals surface area contributed by atoms with E-state index in [0.717, 1.165) is 30.7 Å². The monoisotopic (exact) mass is 441 g/mol. The molecule has 0 spiro atoms. The van der Waals surface area contributed by atoms with Gasteiger partial charge in [-0.15, -0.1) is 0 Å². The number of rotatable bonds is 7. The summed E-state index contributed by atoms with van der Waals surface area (Å²) in [6.45, 7) is 6.81. The Bertz CT molecular complexity index is 1140. The van der Waals surface area contributed by atoms with Crippen LogP contribution in [0.25, 0.3) is 0 Å². The molecule has 0 bridgehead atoms. The fraction of sp³-hybridized carbons (Fsp3) is 0.231. The van der Waals surface area contributed by atoms with E-state index < -0.39 is 0 Å². The Hall–Kier alpha value is -4.00. The number of nitrogens with zero attached hydrogens (tertiary/aromatic N) is 3. The number of likely N-dealkylation sites (tertiary alicyclic amines) is 1. The Kier molecular flexibility index (Phi) is 6.78. The van der Waals surface area contributed by atoms with E-state index in [9.17, 15) is 4.79 Å². The Labute approximate surface area is 193 Å². The van der Waals surface area contributed by atoms with E-state index in [4.69, 9.17) is 10.1 Å². The molecule has 0 saturated carbocycles. The summed E-state index contributed by atoms with van der Waals surface area (Å²) in [5.41, 5.74) is 2.20. The van der Waals surface area contributed by atoms with Crippen molar-refractivity contribution >= 4 is 17.4 Å². The zero-order chi connectivity index (χ0) is 23.2. The van der Waals surface area contributed by atoms with Crippen LogP contribution in [-0.4, -0.2) is 45.6 Å². The molecule has 1 aromatic heterocycles. The zero-order valence-electron chi connectivity index (χ0n) is 18.6. The topological polar surface area (TPSA) is 91.2 Å². The highest BCUT2D eigenvalue weighted by molar-refractivity contribution is 6.13. The number of piperidine rings is 1. The molecule has 0 aliphatic carbocycles. The summed E-state index contributed by atoms with van der Waals surface area (Å²) in [6.07, 6.45) is 4.93. The Balaban J connectivity index is 1.47. The Morgan fingerprint density at radius 2 is 1.88 bits per heavy atom. The second kappa shape index (κ2) is 10.1. The van der Waals surface area contributed by atoms with Gasteiger partial charge in [0.2, 0.25) is 5.91 Å². The lowest BCUT2D eigenvalue weighted by Crippen LogP contribution is -2.45. The van der Waals surface area contributed by atoms with Gasteiger partial charge in [0.05, 0.1) is 11.3 Å². The lowest BCUT2D eigenvalue weighted by Gasteiger charge is -2.33. The third kappa shape index (κ3) is 5.44. The summed E-state index contributed by atoms with van der Waals surface area (Å²) in [7, 11) is 0. The molecule has 7 heteroatoms. The number of para-hydroxylation sites is 1. The number of hydrogen-bond acceptors (Lipinski definition) is 6. The molecule has 1 atom stereocenters. The molecule has 168 valence electrons. The molecule has 2 heterocycles. The van der Waals surface area contributed by atoms with E-state index >= 15 is 0 Å². The fourth-order valence-corrected chi connectivity index (χ4v) is 3.84. The van der Waals surface area contributed by atoms with Crippen LogP contribution >= 0.6 is 0 Å². The standard InChI is InChI=1S/C26H27N5O2/c1-18(2)26(32)31-14-6-7-20(16-31)30-25-23(15-28-17-29-25)24(27)19-10-12-22(13-11-19)33-21-8-4-3-5-9-21/h3-5,8-13,15,17,20,27H,1,6-7,14,16H2,2H3,(H,28,29,30). The van der Waals surface area contributed by atoms with Crippen LogP contribution in [0.5, 0.6) is 11.5 Å². The van der Waals surface area contributed by atoms with Crippen LogP contribution in [0.15, 0.2) is 79.3 Å². The van der Waals surface area contributed by atoms with Crippen molar-refractivity contribution in [2.45, 2.75) is 25.8 Å². The SMILES string of the molecule is C=C(C)C(=O)N1CCCC(Nc2ncncc2C(=N)c2ccc(Oc3ccccc3)cc2)C1. The van der Waals surface area contributed by atoms with Gasteiger partial charge in [-0.05, 0) is 56.2 Å². The van der Waals surface area contributed by atoms with Crippen LogP contribution in [0.4, 0.5) is 5.82 Å². The smallest absolute Gasteiger partial charge is 0.248 e. The van der Waals surface area contributed by atoms with E-state index in [-0.39, 0.29) is 11.9 Å². The summed E-state index contributed by atoms with van der Waals surface area (Å²) >= 11 is 0. The van der Waals surface area contributed by atoms with E-state index in [0.29, 0.717) is 35.0 Å². The van der Waals surface area contributed by atoms with E-state index in [1.165, 1.54) is 6.33 Å². The van der Waals surface area contributed by atoms with Crippen LogP contribution in [0.2, 0.25) is 0 Å². The highest BCUT2D eigenvalue weighted by Crippen LogP contribution is 2.24. The number of hydrogen-bond donors (Lipinski definition) is 2. The lowest BCUT2D eigenvalue weighted by atomic mass is 10.0.